The van der Waals surface area contributed by atoms with Gasteiger partial charge in [-0.3, -0.25) is 38.4 Å². The molecule has 608 valence electrons. The molecule has 6 aliphatic heterocycles. The number of hydrogen-bond donors (Lipinski definition) is 15. The fourth-order valence-corrected chi connectivity index (χ4v) is 18.8. The summed E-state index contributed by atoms with van der Waals surface area (Å²) in [5.41, 5.74) is 3.79. The molecule has 15 bridgehead atoms. The molecule has 0 unspecified atom stereocenters. The minimum atomic E-state index is -4.86. The fraction of sp³-hybridized carbons (Fsp3) is 0.457. The lowest BCUT2D eigenvalue weighted by Crippen LogP contribution is -2.60. The first-order chi connectivity index (χ1) is 54.3. The molecule has 114 heavy (non-hydrogen) atoms. The number of benzene rings is 6. The Bertz CT molecular complexity index is 4830. The highest BCUT2D eigenvalue weighted by molar-refractivity contribution is 7.90. The van der Waals surface area contributed by atoms with Crippen molar-refractivity contribution in [1.29, 1.82) is 0 Å². The van der Waals surface area contributed by atoms with Crippen molar-refractivity contribution in [3.8, 4) is 62.9 Å². The molecule has 30 nitrogen and oxygen atoms in total. The van der Waals surface area contributed by atoms with Gasteiger partial charge >= 0.3 is 0 Å². The number of nitrogens with two attached hydrogens (primary N) is 1. The largest absolute Gasteiger partial charge is 0.508 e. The number of phenols is 3. The number of ether oxygens (including phenoxy) is 5. The third-order valence-electron chi connectivity index (χ3n) is 22.9. The van der Waals surface area contributed by atoms with E-state index < -0.39 is 218 Å². The Morgan fingerprint density at radius 1 is 0.667 bits per heavy atom. The van der Waals surface area contributed by atoms with Crippen LogP contribution in [0.25, 0.3) is 11.1 Å². The lowest BCUT2D eigenvalue weighted by molar-refractivity contribution is -0.277. The number of ketones is 3. The van der Waals surface area contributed by atoms with Crippen LogP contribution in [-0.2, 0) is 53.1 Å². The van der Waals surface area contributed by atoms with Crippen LogP contribution in [0.2, 0.25) is 10.0 Å². The van der Waals surface area contributed by atoms with Gasteiger partial charge in [-0.05, 0) is 187 Å². The van der Waals surface area contributed by atoms with E-state index in [1.807, 2.05) is 18.6 Å². The van der Waals surface area contributed by atoms with Crippen molar-refractivity contribution in [2.45, 2.75) is 169 Å². The SMILES string of the molecule is CC[C@H](CC(C)C)C(=O)N[C@H]1C(=O)C[C@@H](CC(=O)NS(=O)(=O)c2ccc(OCCN)cc2)C(=O)N[C@H]2C(=O)C[C@H]3C(=O)N[C@H](C(=O)N[C@H](C(=O)CC4C5CC6CC(C5)CC4C6)c4cc(O)cc(O)c4-c4cc3ccc4O)[C@H](O)c3ccc(c(Cl)c3)Oc3cc2cc(c3O[C@@H]2O[C@H](CO)[C@@H](O)[C@H](O)[C@H]2O)Oc2ccc(cc2Cl)[C@H]1O. The molecule has 33 heteroatoms. The van der Waals surface area contributed by atoms with Gasteiger partial charge in [0.1, 0.15) is 102 Å². The molecule has 0 aromatic heterocycles. The number of amides is 5. The summed E-state index contributed by atoms with van der Waals surface area (Å²) in [6.45, 7) is 4.66. The Morgan fingerprint density at radius 3 is 1.90 bits per heavy atom. The molecule has 0 radical (unpaired) electrons. The Morgan fingerprint density at radius 2 is 1.30 bits per heavy atom. The van der Waals surface area contributed by atoms with Crippen molar-refractivity contribution in [1.82, 2.24) is 26.0 Å². The Kier molecular flexibility index (Phi) is 24.7. The monoisotopic (exact) mass is 1630 g/mol. The van der Waals surface area contributed by atoms with Gasteiger partial charge in [0, 0.05) is 55.3 Å². The molecule has 6 heterocycles. The summed E-state index contributed by atoms with van der Waals surface area (Å²) in [4.78, 5) is 124. The van der Waals surface area contributed by atoms with E-state index in [2.05, 4.69) is 21.3 Å². The molecule has 14 atom stereocenters. The zero-order chi connectivity index (χ0) is 81.6. The first-order valence-corrected chi connectivity index (χ1v) is 40.2. The fourth-order valence-electron chi connectivity index (χ4n) is 17.4. The molecular formula is C81H90Cl2N6O24S. The van der Waals surface area contributed by atoms with E-state index in [0.717, 1.165) is 86.7 Å². The van der Waals surface area contributed by atoms with E-state index in [1.165, 1.54) is 48.5 Å². The van der Waals surface area contributed by atoms with E-state index in [9.17, 15) is 64.0 Å². The van der Waals surface area contributed by atoms with Crippen LogP contribution in [0.4, 0.5) is 0 Å². The van der Waals surface area contributed by atoms with Gasteiger partial charge in [-0.15, -0.1) is 0 Å². The predicted molar refractivity (Wildman–Crippen MR) is 406 cm³/mol. The van der Waals surface area contributed by atoms with Crippen LogP contribution in [0.15, 0.2) is 108 Å². The number of carbonyl (C=O) groups is 8. The van der Waals surface area contributed by atoms with Gasteiger partial charge in [0.15, 0.2) is 28.8 Å². The summed E-state index contributed by atoms with van der Waals surface area (Å²) >= 11 is 14.3. The van der Waals surface area contributed by atoms with Crippen molar-refractivity contribution >= 4 is 80.1 Å². The average Bonchev–Trinajstić information content (AvgIpc) is 0.763. The highest BCUT2D eigenvalue weighted by atomic mass is 35.5. The Labute approximate surface area is 665 Å². The Hall–Kier alpha value is -9.51. The normalized spacial score (nSPS) is 28.4. The van der Waals surface area contributed by atoms with Crippen molar-refractivity contribution in [2.24, 2.45) is 53.1 Å². The molecule has 1 saturated heterocycles. The molecule has 10 aliphatic rings. The number of aliphatic hydroxyl groups is 6. The molecule has 16 rings (SSSR count). The second kappa shape index (κ2) is 34.1. The predicted octanol–water partition coefficient (Wildman–Crippen LogP) is 6.59. The lowest BCUT2D eigenvalue weighted by atomic mass is 9.51. The molecule has 16 N–H and O–H groups in total. The summed E-state index contributed by atoms with van der Waals surface area (Å²) < 4.78 is 61.1. The molecule has 5 amide bonds. The van der Waals surface area contributed by atoms with E-state index in [0.29, 0.717) is 18.3 Å². The molecule has 4 aliphatic carbocycles. The first kappa shape index (κ1) is 82.5. The van der Waals surface area contributed by atoms with Gasteiger partial charge in [0.2, 0.25) is 41.6 Å². The minimum Gasteiger partial charge on any atom is -0.508 e. The van der Waals surface area contributed by atoms with Crippen molar-refractivity contribution in [3.05, 3.63) is 141 Å². The quantitative estimate of drug-likeness (QED) is 0.0431. The highest BCUT2D eigenvalue weighted by Crippen LogP contribution is 2.58. The summed E-state index contributed by atoms with van der Waals surface area (Å²) in [6.07, 6.45) is -12.4. The topological polar surface area (TPSA) is 485 Å². The number of aliphatic hydroxyl groups excluding tert-OH is 6. The second-order valence-electron chi connectivity index (χ2n) is 31.1. The second-order valence-corrected chi connectivity index (χ2v) is 33.6. The standard InChI is InChI=1S/C81H90Cl2N6O24S/c1-4-38(17-35(2)3)77(103)87-69-57(94)26-45(29-65(97)89-114(107,108)48-10-8-47(9-11-48)109-16-15-84)78(104)85-67-44-27-62(110-60-13-6-40(71(69)98)24-53(60)82)76(113-81-75(102)74(101)73(100)64(34-90)112-81)63(28-44)111-61-14-7-41(25-54(61)83)72(99)70-80(106)86-68(59(96)32-49-42-19-36-18-37(21-42)22-43(49)20-36)52-30-46(91)31-56(93)66(52)51-23-39(5-12-55(51)92)50(33-58(67)95)79(105)88-70/h5-14,23-25,27-28,30-31,35-38,42-43,45,49-50,64,67-75,81,90-93,98-102H,4,15-22,26,29,32-34,84H2,1-3H3,(H,85,104)(H,86,106)(H,87,103)(H,88,105)(H,89,97)/t36?,37?,38-,42?,43?,45+,49?,50-,64-,67-,68+,69+,70+,71-,72-,73-,74+,75-,81+/m1/s1. The van der Waals surface area contributed by atoms with Crippen LogP contribution >= 0.6 is 23.2 Å². The average molecular weight is 1630 g/mol. The van der Waals surface area contributed by atoms with E-state index >= 15 is 28.8 Å². The van der Waals surface area contributed by atoms with Crippen LogP contribution in [-0.4, -0.2) is 164 Å². The number of phenolic OH excluding ortho intramolecular Hbond substituents is 3. The molecular weight excluding hydrogens is 1540 g/mol. The number of nitrogens with one attached hydrogen (secondary N) is 5. The number of carbonyl (C=O) groups excluding carboxylic acids is 8. The van der Waals surface area contributed by atoms with Crippen LogP contribution in [0, 0.1) is 47.3 Å². The third-order valence-corrected chi connectivity index (χ3v) is 24.9. The third kappa shape index (κ3) is 17.4. The number of halogens is 2. The number of rotatable bonds is 18. The molecule has 5 fully saturated rings. The van der Waals surface area contributed by atoms with Crippen molar-refractivity contribution in [2.75, 3.05) is 19.8 Å². The van der Waals surface area contributed by atoms with Crippen LogP contribution in [0.3, 0.4) is 0 Å². The van der Waals surface area contributed by atoms with Crippen LogP contribution in [0.1, 0.15) is 149 Å². The highest BCUT2D eigenvalue weighted by Gasteiger charge is 2.51. The number of aromatic hydroxyl groups is 3. The van der Waals surface area contributed by atoms with Gasteiger partial charge in [-0.2, -0.15) is 0 Å². The maximum absolute atomic E-state index is 16.5. The lowest BCUT2D eigenvalue weighted by Gasteiger charge is -2.54. The molecule has 4 saturated carbocycles. The van der Waals surface area contributed by atoms with Crippen LogP contribution in [0.5, 0.6) is 51.7 Å². The number of hydrogen-bond acceptors (Lipinski definition) is 25. The first-order valence-electron chi connectivity index (χ1n) is 37.9. The zero-order valence-electron chi connectivity index (χ0n) is 62.2. The van der Waals surface area contributed by atoms with Gasteiger partial charge < -0.3 is 96.6 Å². The zero-order valence-corrected chi connectivity index (χ0v) is 64.5. The summed E-state index contributed by atoms with van der Waals surface area (Å²) in [6, 6.07) is 11.4. The summed E-state index contributed by atoms with van der Waals surface area (Å²) in [5, 5.41) is 115. The molecule has 6 aromatic carbocycles. The van der Waals surface area contributed by atoms with Crippen LogP contribution < -0.4 is 50.7 Å². The van der Waals surface area contributed by atoms with E-state index in [-0.39, 0.29) is 105 Å². The van der Waals surface area contributed by atoms with E-state index in [1.54, 1.807) is 6.92 Å². The van der Waals surface area contributed by atoms with Gasteiger partial charge in [-0.1, -0.05) is 62.2 Å². The summed E-state index contributed by atoms with van der Waals surface area (Å²) in [7, 11) is -4.86. The van der Waals surface area contributed by atoms with Crippen molar-refractivity contribution < 1.29 is 116 Å². The maximum atomic E-state index is 16.5. The van der Waals surface area contributed by atoms with Gasteiger partial charge in [-0.25, -0.2) is 13.1 Å². The summed E-state index contributed by atoms with van der Waals surface area (Å²) in [5.74, 6) is -16.8. The van der Waals surface area contributed by atoms with Crippen molar-refractivity contribution in [3.63, 3.8) is 0 Å². The number of fused-ring (bicyclic) bond motifs is 15. The molecule has 6 aromatic rings. The Balaban J connectivity index is 1.00. The number of sulfonamides is 1. The smallest absolute Gasteiger partial charge is 0.264 e. The minimum absolute atomic E-state index is 0.0645. The number of Topliss-reactive ketones (excluding diaryl/α,β-unsaturated/α-hetero) is 3. The molecule has 0 spiro atoms. The van der Waals surface area contributed by atoms with Gasteiger partial charge in [0.05, 0.1) is 33.4 Å². The van der Waals surface area contributed by atoms with E-state index in [4.69, 9.17) is 52.6 Å². The van der Waals surface area contributed by atoms with Gasteiger partial charge in [0.25, 0.3) is 10.0 Å². The maximum Gasteiger partial charge on any atom is 0.264 e.